The molecule has 2 saturated carbocycles. The first-order chi connectivity index (χ1) is 15.0. The summed E-state index contributed by atoms with van der Waals surface area (Å²) < 4.78 is 21.6. The van der Waals surface area contributed by atoms with Crippen molar-refractivity contribution in [1.82, 2.24) is 24.5 Å². The van der Waals surface area contributed by atoms with Gasteiger partial charge in [-0.25, -0.2) is 9.37 Å². The third-order valence-corrected chi connectivity index (χ3v) is 5.60. The Balaban J connectivity index is 1.48. The fourth-order valence-electron chi connectivity index (χ4n) is 3.63. The van der Waals surface area contributed by atoms with Gasteiger partial charge in [0.25, 0.3) is 11.5 Å². The molecule has 1 amide bonds. The van der Waals surface area contributed by atoms with Crippen LogP contribution in [0.15, 0.2) is 35.4 Å². The van der Waals surface area contributed by atoms with Crippen molar-refractivity contribution in [3.05, 3.63) is 46.5 Å². The second kappa shape index (κ2) is 7.34. The number of ether oxygens (including phenoxy) is 1. The van der Waals surface area contributed by atoms with Crippen LogP contribution >= 0.6 is 0 Å². The van der Waals surface area contributed by atoms with Crippen molar-refractivity contribution in [2.75, 3.05) is 24.8 Å². The summed E-state index contributed by atoms with van der Waals surface area (Å²) in [6.07, 6.45) is 3.28. The second-order valence-corrected chi connectivity index (χ2v) is 7.74. The third kappa shape index (κ3) is 3.50. The molecule has 2 aliphatic carbocycles. The van der Waals surface area contributed by atoms with E-state index in [2.05, 4.69) is 26.0 Å². The van der Waals surface area contributed by atoms with Crippen molar-refractivity contribution < 1.29 is 13.9 Å². The van der Waals surface area contributed by atoms with E-state index < -0.39 is 18.1 Å². The molecule has 10 nitrogen and oxygen atoms in total. The molecule has 3 aromatic rings. The lowest BCUT2D eigenvalue weighted by molar-refractivity contribution is 0.0949. The maximum Gasteiger partial charge on any atom is 0.274 e. The van der Waals surface area contributed by atoms with Gasteiger partial charge in [0.15, 0.2) is 5.65 Å². The number of hydrogen-bond acceptors (Lipinski definition) is 7. The molecule has 3 heterocycles. The number of methoxy groups -OCH3 is 1. The molecule has 162 valence electrons. The first-order valence-electron chi connectivity index (χ1n) is 10.0. The molecule has 0 spiro atoms. The summed E-state index contributed by atoms with van der Waals surface area (Å²) in [6, 6.07) is 4.70. The molecule has 0 unspecified atom stereocenters. The van der Waals surface area contributed by atoms with Gasteiger partial charge in [0.2, 0.25) is 0 Å². The fraction of sp³-hybridized carbons (Fsp3) is 0.400. The number of nitrogens with one attached hydrogen (secondary N) is 3. The zero-order valence-corrected chi connectivity index (χ0v) is 17.0. The summed E-state index contributed by atoms with van der Waals surface area (Å²) in [5.41, 5.74) is 0.687. The smallest absolute Gasteiger partial charge is 0.274 e. The van der Waals surface area contributed by atoms with Crippen LogP contribution in [0.3, 0.4) is 0 Å². The number of pyridine rings is 1. The van der Waals surface area contributed by atoms with Crippen molar-refractivity contribution >= 4 is 28.9 Å². The van der Waals surface area contributed by atoms with Crippen LogP contribution in [0.5, 0.6) is 0 Å². The zero-order valence-electron chi connectivity index (χ0n) is 17.0. The lowest BCUT2D eigenvalue weighted by Crippen LogP contribution is -2.27. The molecule has 2 aliphatic rings. The van der Waals surface area contributed by atoms with Gasteiger partial charge in [-0.2, -0.15) is 9.61 Å². The van der Waals surface area contributed by atoms with Gasteiger partial charge in [0.05, 0.1) is 24.4 Å². The van der Waals surface area contributed by atoms with E-state index >= 15 is 0 Å². The molecule has 3 aromatic heterocycles. The molecular weight excluding hydrogens is 405 g/mol. The van der Waals surface area contributed by atoms with Crippen molar-refractivity contribution in [1.29, 1.82) is 0 Å². The SMILES string of the molecule is CNc1cc(Nc2cccn([C@H]3C[C@@H]3OC)c2=O)nc2c(C(=O)N[C@@H]3C[C@@H]3F)cnn12. The average Bonchev–Trinajstić information content (AvgIpc) is 3.65. The van der Waals surface area contributed by atoms with Crippen LogP contribution in [0.2, 0.25) is 0 Å². The highest BCUT2D eigenvalue weighted by Crippen LogP contribution is 2.37. The average molecular weight is 427 g/mol. The number of anilines is 3. The molecule has 0 saturated heterocycles. The maximum atomic E-state index is 13.2. The minimum atomic E-state index is -1.01. The van der Waals surface area contributed by atoms with E-state index in [1.807, 2.05) is 0 Å². The van der Waals surface area contributed by atoms with Gasteiger partial charge in [-0.3, -0.25) is 9.59 Å². The van der Waals surface area contributed by atoms with Crippen molar-refractivity contribution in [3.8, 4) is 0 Å². The minimum absolute atomic E-state index is 0.0226. The van der Waals surface area contributed by atoms with Crippen molar-refractivity contribution in [2.45, 2.75) is 37.2 Å². The van der Waals surface area contributed by atoms with E-state index in [1.165, 1.54) is 10.7 Å². The van der Waals surface area contributed by atoms with Gasteiger partial charge in [0, 0.05) is 32.8 Å². The minimum Gasteiger partial charge on any atom is -0.379 e. The number of fused-ring (bicyclic) bond motifs is 1. The third-order valence-electron chi connectivity index (χ3n) is 5.60. The Kier molecular flexibility index (Phi) is 4.62. The molecule has 4 atom stereocenters. The second-order valence-electron chi connectivity index (χ2n) is 7.74. The van der Waals surface area contributed by atoms with E-state index in [9.17, 15) is 14.0 Å². The predicted octanol–water partition coefficient (Wildman–Crippen LogP) is 1.48. The monoisotopic (exact) mass is 427 g/mol. The lowest BCUT2D eigenvalue weighted by atomic mass is 10.3. The molecule has 11 heteroatoms. The van der Waals surface area contributed by atoms with Gasteiger partial charge in [-0.05, 0) is 18.6 Å². The number of carbonyl (C=O) groups excluding carboxylic acids is 1. The zero-order chi connectivity index (χ0) is 21.7. The van der Waals surface area contributed by atoms with Gasteiger partial charge in [-0.15, -0.1) is 0 Å². The Morgan fingerprint density at radius 3 is 2.84 bits per heavy atom. The summed E-state index contributed by atoms with van der Waals surface area (Å²) >= 11 is 0. The largest absolute Gasteiger partial charge is 0.379 e. The van der Waals surface area contributed by atoms with Gasteiger partial charge in [-0.1, -0.05) is 0 Å². The van der Waals surface area contributed by atoms with E-state index in [0.717, 1.165) is 6.42 Å². The van der Waals surface area contributed by atoms with Gasteiger partial charge in [0.1, 0.15) is 29.1 Å². The number of rotatable bonds is 7. The summed E-state index contributed by atoms with van der Waals surface area (Å²) in [4.78, 5) is 29.9. The van der Waals surface area contributed by atoms with E-state index in [1.54, 1.807) is 43.1 Å². The van der Waals surface area contributed by atoms with E-state index in [0.29, 0.717) is 29.4 Å². The highest BCUT2D eigenvalue weighted by atomic mass is 19.1. The number of aromatic nitrogens is 4. The predicted molar refractivity (Wildman–Crippen MR) is 112 cm³/mol. The molecular formula is C20H22FN7O3. The van der Waals surface area contributed by atoms with Crippen LogP contribution in [0, 0.1) is 0 Å². The van der Waals surface area contributed by atoms with E-state index in [4.69, 9.17) is 4.74 Å². The number of carbonyl (C=O) groups is 1. The Morgan fingerprint density at radius 1 is 1.35 bits per heavy atom. The molecule has 0 aromatic carbocycles. The quantitative estimate of drug-likeness (QED) is 0.523. The standard InChI is InChI=1S/C20H22FN7O3/c1-22-17-8-16(24-12-4-3-5-27(20(12)30)14-7-15(14)31-2)26-18-10(9-23-28(17)18)19(29)25-13-6-11(13)21/h3-5,8-9,11,13-15,22H,6-7H2,1-2H3,(H,24,26)(H,25,29)/t11-,13+,14-,15-/m0/s1. The number of amides is 1. The molecule has 3 N–H and O–H groups in total. The van der Waals surface area contributed by atoms with E-state index in [-0.39, 0.29) is 23.3 Å². The van der Waals surface area contributed by atoms with Crippen LogP contribution in [0.1, 0.15) is 29.2 Å². The molecule has 5 rings (SSSR count). The van der Waals surface area contributed by atoms with Crippen molar-refractivity contribution in [3.63, 3.8) is 0 Å². The topological polar surface area (TPSA) is 115 Å². The molecule has 0 radical (unpaired) electrons. The Labute approximate surface area is 176 Å². The lowest BCUT2D eigenvalue weighted by Gasteiger charge is -2.11. The summed E-state index contributed by atoms with van der Waals surface area (Å²) in [5.74, 6) is 0.502. The van der Waals surface area contributed by atoms with Crippen LogP contribution < -0.4 is 21.5 Å². The van der Waals surface area contributed by atoms with Gasteiger partial charge >= 0.3 is 0 Å². The maximum absolute atomic E-state index is 13.2. The molecule has 0 aliphatic heterocycles. The number of halogens is 1. The first kappa shape index (κ1) is 19.5. The number of nitrogens with zero attached hydrogens (tertiary/aromatic N) is 4. The number of alkyl halides is 1. The fourth-order valence-corrected chi connectivity index (χ4v) is 3.63. The Hall–Kier alpha value is -3.47. The molecule has 0 bridgehead atoms. The van der Waals surface area contributed by atoms with Crippen LogP contribution in [-0.2, 0) is 4.74 Å². The Bertz CT molecular complexity index is 1220. The molecule has 31 heavy (non-hydrogen) atoms. The highest BCUT2D eigenvalue weighted by molar-refractivity contribution is 6.00. The molecule has 2 fully saturated rings. The number of hydrogen-bond donors (Lipinski definition) is 3. The van der Waals surface area contributed by atoms with Crippen LogP contribution in [-0.4, -0.2) is 57.5 Å². The Morgan fingerprint density at radius 2 is 2.16 bits per heavy atom. The van der Waals surface area contributed by atoms with Crippen molar-refractivity contribution in [2.24, 2.45) is 0 Å². The van der Waals surface area contributed by atoms with Crippen LogP contribution in [0.25, 0.3) is 5.65 Å². The normalized spacial score (nSPS) is 24.1. The summed E-state index contributed by atoms with van der Waals surface area (Å²) in [5, 5.41) is 12.9. The highest BCUT2D eigenvalue weighted by Gasteiger charge is 2.40. The summed E-state index contributed by atoms with van der Waals surface area (Å²) in [7, 11) is 3.35. The van der Waals surface area contributed by atoms with Gasteiger partial charge < -0.3 is 25.3 Å². The first-order valence-corrected chi connectivity index (χ1v) is 10.0. The summed E-state index contributed by atoms with van der Waals surface area (Å²) in [6.45, 7) is 0. The van der Waals surface area contributed by atoms with Crippen LogP contribution in [0.4, 0.5) is 21.7 Å².